The number of carbonyl (C=O) groups is 1. The molecule has 2 aromatic heterocycles. The van der Waals surface area contributed by atoms with Gasteiger partial charge in [-0.15, -0.1) is 0 Å². The van der Waals surface area contributed by atoms with Crippen LogP contribution in [0.5, 0.6) is 0 Å². The van der Waals surface area contributed by atoms with Gasteiger partial charge < -0.3 is 20.6 Å². The van der Waals surface area contributed by atoms with Crippen molar-refractivity contribution in [3.63, 3.8) is 0 Å². The average molecular weight is 458 g/mol. The number of pyridine rings is 1. The fourth-order valence-corrected chi connectivity index (χ4v) is 5.87. The molecule has 9 nitrogen and oxygen atoms in total. The number of hydrogen-bond donors (Lipinski definition) is 3. The van der Waals surface area contributed by atoms with Crippen molar-refractivity contribution in [2.24, 2.45) is 5.92 Å². The van der Waals surface area contributed by atoms with Crippen LogP contribution in [0.1, 0.15) is 36.3 Å². The second-order valence-corrected chi connectivity index (χ2v) is 10.5. The van der Waals surface area contributed by atoms with E-state index in [0.717, 1.165) is 41.7 Å². The molecule has 1 aliphatic rings. The zero-order valence-corrected chi connectivity index (χ0v) is 19.0. The standard InChI is InChI=1S/C22H27N5O4S/c1-13-8-19(32(30,31)12-15-4-3-5-15)21(23)22(29)27(13)11-20(28)24-10-16-6-7-17-18(9-16)26-14(2)25-17/h6-9,15H,3-5,10-12,23H2,1-2H3,(H,24,28)(H,25,26). The maximum atomic E-state index is 12.8. The molecule has 1 aliphatic carbocycles. The number of aromatic amines is 1. The Balaban J connectivity index is 1.47. The highest BCUT2D eigenvalue weighted by Gasteiger charge is 2.29. The Morgan fingerprint density at radius 3 is 2.72 bits per heavy atom. The molecule has 0 atom stereocenters. The van der Waals surface area contributed by atoms with Crippen molar-refractivity contribution < 1.29 is 13.2 Å². The Labute approximate surface area is 186 Å². The Kier molecular flexibility index (Phi) is 5.81. The minimum absolute atomic E-state index is 0.000773. The number of benzene rings is 1. The van der Waals surface area contributed by atoms with Crippen LogP contribution in [0.25, 0.3) is 11.0 Å². The molecule has 3 aromatic rings. The Bertz CT molecular complexity index is 1350. The van der Waals surface area contributed by atoms with Crippen LogP contribution in [-0.4, -0.2) is 34.6 Å². The number of hydrogen-bond acceptors (Lipinski definition) is 6. The lowest BCUT2D eigenvalue weighted by molar-refractivity contribution is -0.121. The molecule has 1 amide bonds. The van der Waals surface area contributed by atoms with Crippen LogP contribution >= 0.6 is 0 Å². The summed E-state index contributed by atoms with van der Waals surface area (Å²) in [7, 11) is -3.65. The zero-order chi connectivity index (χ0) is 23.0. The van der Waals surface area contributed by atoms with Crippen LogP contribution < -0.4 is 16.6 Å². The smallest absolute Gasteiger partial charge is 0.275 e. The molecule has 0 spiro atoms. The quantitative estimate of drug-likeness (QED) is 0.494. The molecule has 0 unspecified atom stereocenters. The second kappa shape index (κ2) is 8.42. The van der Waals surface area contributed by atoms with E-state index in [1.54, 1.807) is 6.92 Å². The van der Waals surface area contributed by atoms with E-state index in [4.69, 9.17) is 5.73 Å². The van der Waals surface area contributed by atoms with Gasteiger partial charge in [0.1, 0.15) is 18.1 Å². The average Bonchev–Trinajstić information content (AvgIpc) is 3.08. The predicted molar refractivity (Wildman–Crippen MR) is 122 cm³/mol. The number of carbonyl (C=O) groups excluding carboxylic acids is 1. The summed E-state index contributed by atoms with van der Waals surface area (Å²) in [5.74, 6) is 0.561. The van der Waals surface area contributed by atoms with Crippen molar-refractivity contribution in [2.45, 2.75) is 51.1 Å². The first kappa shape index (κ1) is 22.1. The van der Waals surface area contributed by atoms with Crippen LogP contribution in [0.4, 0.5) is 5.69 Å². The van der Waals surface area contributed by atoms with Gasteiger partial charge in [0.25, 0.3) is 5.56 Å². The summed E-state index contributed by atoms with van der Waals surface area (Å²) in [4.78, 5) is 32.6. The predicted octanol–water partition coefficient (Wildman–Crippen LogP) is 1.81. The number of rotatable bonds is 7. The molecule has 0 radical (unpaired) electrons. The number of fused-ring (bicyclic) bond motifs is 1. The third kappa shape index (κ3) is 4.40. The van der Waals surface area contributed by atoms with E-state index in [-0.39, 0.29) is 41.3 Å². The fraction of sp³-hybridized carbons (Fsp3) is 0.409. The van der Waals surface area contributed by atoms with Crippen molar-refractivity contribution >= 4 is 32.5 Å². The van der Waals surface area contributed by atoms with Gasteiger partial charge >= 0.3 is 0 Å². The fourth-order valence-electron chi connectivity index (χ4n) is 3.96. The Morgan fingerprint density at radius 1 is 1.28 bits per heavy atom. The molecule has 10 heteroatoms. The number of H-pyrrole nitrogens is 1. The van der Waals surface area contributed by atoms with E-state index >= 15 is 0 Å². The first-order chi connectivity index (χ1) is 15.1. The molecule has 1 saturated carbocycles. The van der Waals surface area contributed by atoms with E-state index in [1.165, 1.54) is 10.6 Å². The number of amides is 1. The molecule has 0 aliphatic heterocycles. The summed E-state index contributed by atoms with van der Waals surface area (Å²) in [5, 5.41) is 2.79. The monoisotopic (exact) mass is 457 g/mol. The molecule has 32 heavy (non-hydrogen) atoms. The lowest BCUT2D eigenvalue weighted by Crippen LogP contribution is -2.35. The van der Waals surface area contributed by atoms with Gasteiger partial charge in [0.2, 0.25) is 5.91 Å². The first-order valence-corrected chi connectivity index (χ1v) is 12.2. The molecule has 1 aromatic carbocycles. The number of imidazole rings is 1. The van der Waals surface area contributed by atoms with Crippen LogP contribution in [0.15, 0.2) is 34.0 Å². The molecular formula is C22H27N5O4S. The van der Waals surface area contributed by atoms with Gasteiger partial charge in [0.05, 0.1) is 21.7 Å². The number of nitrogens with two attached hydrogens (primary N) is 1. The topological polar surface area (TPSA) is 140 Å². The molecular weight excluding hydrogens is 430 g/mol. The largest absolute Gasteiger partial charge is 0.393 e. The van der Waals surface area contributed by atoms with Crippen molar-refractivity contribution in [1.29, 1.82) is 0 Å². The highest BCUT2D eigenvalue weighted by molar-refractivity contribution is 7.91. The Morgan fingerprint density at radius 2 is 2.03 bits per heavy atom. The molecule has 0 saturated heterocycles. The number of sulfone groups is 1. The molecule has 1 fully saturated rings. The molecule has 0 bridgehead atoms. The summed E-state index contributed by atoms with van der Waals surface area (Å²) < 4.78 is 26.7. The summed E-state index contributed by atoms with van der Waals surface area (Å²) >= 11 is 0. The number of nitrogens with zero attached hydrogens (tertiary/aromatic N) is 2. The number of aryl methyl sites for hydroxylation is 2. The van der Waals surface area contributed by atoms with Crippen LogP contribution in [0.2, 0.25) is 0 Å². The van der Waals surface area contributed by atoms with E-state index in [2.05, 4.69) is 15.3 Å². The van der Waals surface area contributed by atoms with E-state index < -0.39 is 15.4 Å². The van der Waals surface area contributed by atoms with Gasteiger partial charge in [-0.2, -0.15) is 0 Å². The van der Waals surface area contributed by atoms with Crippen LogP contribution in [-0.2, 0) is 27.7 Å². The SMILES string of the molecule is Cc1nc2ccc(CNC(=O)Cn3c(C)cc(S(=O)(=O)CC4CCC4)c(N)c3=O)cc2[nH]1. The van der Waals surface area contributed by atoms with Gasteiger partial charge in [0, 0.05) is 12.2 Å². The number of aromatic nitrogens is 3. The minimum Gasteiger partial charge on any atom is -0.393 e. The minimum atomic E-state index is -3.65. The van der Waals surface area contributed by atoms with Crippen LogP contribution in [0.3, 0.4) is 0 Å². The van der Waals surface area contributed by atoms with E-state index in [1.807, 2.05) is 25.1 Å². The van der Waals surface area contributed by atoms with Crippen molar-refractivity contribution in [3.8, 4) is 0 Å². The summed E-state index contributed by atoms with van der Waals surface area (Å²) in [6.07, 6.45) is 2.78. The van der Waals surface area contributed by atoms with Gasteiger partial charge in [-0.05, 0) is 56.4 Å². The zero-order valence-electron chi connectivity index (χ0n) is 18.1. The normalized spacial score (nSPS) is 14.4. The summed E-state index contributed by atoms with van der Waals surface area (Å²) in [6.45, 7) is 3.51. The summed E-state index contributed by atoms with van der Waals surface area (Å²) in [5.41, 5.74) is 7.91. The molecule has 170 valence electrons. The maximum absolute atomic E-state index is 12.8. The number of anilines is 1. The maximum Gasteiger partial charge on any atom is 0.275 e. The molecule has 2 heterocycles. The van der Waals surface area contributed by atoms with Crippen LogP contribution in [0, 0.1) is 19.8 Å². The first-order valence-electron chi connectivity index (χ1n) is 10.6. The van der Waals surface area contributed by atoms with Gasteiger partial charge in [-0.25, -0.2) is 13.4 Å². The second-order valence-electron chi connectivity index (χ2n) is 8.48. The van der Waals surface area contributed by atoms with Crippen molar-refractivity contribution in [1.82, 2.24) is 19.9 Å². The van der Waals surface area contributed by atoms with Crippen molar-refractivity contribution in [2.75, 3.05) is 11.5 Å². The third-order valence-corrected chi connectivity index (χ3v) is 7.90. The lowest BCUT2D eigenvalue weighted by Gasteiger charge is -2.25. The van der Waals surface area contributed by atoms with Gasteiger partial charge in [-0.1, -0.05) is 12.5 Å². The highest BCUT2D eigenvalue weighted by Crippen LogP contribution is 2.30. The van der Waals surface area contributed by atoms with Gasteiger partial charge in [0.15, 0.2) is 9.84 Å². The van der Waals surface area contributed by atoms with E-state index in [0.29, 0.717) is 5.69 Å². The Hall–Kier alpha value is -3.14. The summed E-state index contributed by atoms with van der Waals surface area (Å²) in [6, 6.07) is 7.05. The van der Waals surface area contributed by atoms with Crippen molar-refractivity contribution in [3.05, 3.63) is 51.7 Å². The van der Waals surface area contributed by atoms with E-state index in [9.17, 15) is 18.0 Å². The number of nitrogens with one attached hydrogen (secondary N) is 2. The molecule has 4 N–H and O–H groups in total. The van der Waals surface area contributed by atoms with Gasteiger partial charge in [-0.3, -0.25) is 9.59 Å². The lowest BCUT2D eigenvalue weighted by atomic mass is 9.87. The third-order valence-electron chi connectivity index (χ3n) is 5.98. The highest BCUT2D eigenvalue weighted by atomic mass is 32.2. The number of nitrogen functional groups attached to an aromatic ring is 1. The molecule has 4 rings (SSSR count).